The van der Waals surface area contributed by atoms with Crippen LogP contribution in [-0.4, -0.2) is 40.5 Å². The molecule has 1 spiro atoms. The minimum absolute atomic E-state index is 0.00713. The van der Waals surface area contributed by atoms with Crippen molar-refractivity contribution >= 4 is 28.3 Å². The molecule has 5 heterocycles. The van der Waals surface area contributed by atoms with Gasteiger partial charge >= 0.3 is 0 Å². The summed E-state index contributed by atoms with van der Waals surface area (Å²) in [7, 11) is 0. The molecule has 25 heavy (non-hydrogen) atoms. The molecule has 1 N–H and O–H groups in total. The van der Waals surface area contributed by atoms with E-state index in [-0.39, 0.29) is 11.5 Å². The fourth-order valence-electron chi connectivity index (χ4n) is 4.05. The molecule has 5 nitrogen and oxygen atoms in total. The van der Waals surface area contributed by atoms with E-state index in [1.54, 1.807) is 0 Å². The molecule has 3 aromatic rings. The second kappa shape index (κ2) is 5.68. The van der Waals surface area contributed by atoms with Crippen molar-refractivity contribution in [2.45, 2.75) is 24.9 Å². The first-order valence-corrected chi connectivity index (χ1v) is 9.57. The van der Waals surface area contributed by atoms with Gasteiger partial charge in [0.2, 0.25) is 0 Å². The highest BCUT2D eigenvalue weighted by atomic mass is 32.1. The van der Waals surface area contributed by atoms with Gasteiger partial charge in [0.05, 0.1) is 12.2 Å². The Labute approximate surface area is 149 Å². The summed E-state index contributed by atoms with van der Waals surface area (Å²) in [5.41, 5.74) is 2.42. The number of rotatable bonds is 1. The summed E-state index contributed by atoms with van der Waals surface area (Å²) in [6, 6.07) is 7.92. The molecule has 0 saturated carbocycles. The van der Waals surface area contributed by atoms with E-state index < -0.39 is 0 Å². The van der Waals surface area contributed by atoms with Crippen molar-refractivity contribution in [2.24, 2.45) is 0 Å². The molecule has 5 rings (SSSR count). The first-order valence-electron chi connectivity index (χ1n) is 8.69. The summed E-state index contributed by atoms with van der Waals surface area (Å²) in [4.78, 5) is 23.7. The van der Waals surface area contributed by atoms with Crippen LogP contribution in [0.3, 0.4) is 0 Å². The molecule has 0 bridgehead atoms. The van der Waals surface area contributed by atoms with Crippen LogP contribution in [0.2, 0.25) is 0 Å². The molecule has 2 aliphatic heterocycles. The number of aromatic nitrogens is 2. The van der Waals surface area contributed by atoms with Crippen molar-refractivity contribution in [1.29, 1.82) is 0 Å². The number of carbonyl (C=O) groups is 1. The minimum Gasteiger partial charge on any atom is -0.370 e. The van der Waals surface area contributed by atoms with Crippen LogP contribution in [0.5, 0.6) is 0 Å². The topological polar surface area (TPSA) is 58.2 Å². The molecule has 1 fully saturated rings. The molecule has 6 heteroatoms. The van der Waals surface area contributed by atoms with Crippen molar-refractivity contribution in [2.75, 3.05) is 19.7 Å². The lowest BCUT2D eigenvalue weighted by molar-refractivity contribution is -0.0926. The van der Waals surface area contributed by atoms with Gasteiger partial charge in [0.25, 0.3) is 5.91 Å². The van der Waals surface area contributed by atoms with Gasteiger partial charge in [-0.15, -0.1) is 11.3 Å². The van der Waals surface area contributed by atoms with Crippen molar-refractivity contribution in [3.63, 3.8) is 0 Å². The van der Waals surface area contributed by atoms with Crippen LogP contribution in [0.15, 0.2) is 35.8 Å². The fraction of sp³-hybridized carbons (Fsp3) is 0.368. The number of ether oxygens (including phenoxy) is 1. The first kappa shape index (κ1) is 15.1. The number of carbonyl (C=O) groups excluding carboxylic acids is 1. The highest BCUT2D eigenvalue weighted by Gasteiger charge is 2.42. The Kier molecular flexibility index (Phi) is 3.43. The van der Waals surface area contributed by atoms with Crippen LogP contribution in [-0.2, 0) is 16.8 Å². The maximum Gasteiger partial charge on any atom is 0.272 e. The normalized spacial score (nSPS) is 19.3. The Morgan fingerprint density at radius 2 is 2.12 bits per heavy atom. The molecule has 1 amide bonds. The van der Waals surface area contributed by atoms with Gasteiger partial charge in [-0.3, -0.25) is 4.79 Å². The van der Waals surface area contributed by atoms with Crippen LogP contribution in [0, 0.1) is 0 Å². The summed E-state index contributed by atoms with van der Waals surface area (Å²) in [5, 5.41) is 3.18. The Hall–Kier alpha value is -2.18. The quantitative estimate of drug-likeness (QED) is 0.730. The lowest BCUT2D eigenvalue weighted by Crippen LogP contribution is -2.48. The summed E-state index contributed by atoms with van der Waals surface area (Å²) in [6.07, 6.45) is 4.56. The van der Waals surface area contributed by atoms with Gasteiger partial charge in [-0.1, -0.05) is 0 Å². The predicted molar refractivity (Wildman–Crippen MR) is 96.9 cm³/mol. The fourth-order valence-corrected chi connectivity index (χ4v) is 5.00. The Morgan fingerprint density at radius 1 is 1.24 bits per heavy atom. The number of hydrogen-bond donors (Lipinski definition) is 1. The minimum atomic E-state index is -0.193. The van der Waals surface area contributed by atoms with Gasteiger partial charge in [-0.2, -0.15) is 0 Å². The van der Waals surface area contributed by atoms with Gasteiger partial charge in [-0.25, -0.2) is 4.98 Å². The van der Waals surface area contributed by atoms with Gasteiger partial charge in [-0.05, 0) is 48.1 Å². The molecule has 2 aliphatic rings. The van der Waals surface area contributed by atoms with E-state index in [2.05, 4.69) is 21.4 Å². The number of fused-ring (bicyclic) bond motifs is 3. The highest BCUT2D eigenvalue weighted by Crippen LogP contribution is 2.43. The highest BCUT2D eigenvalue weighted by molar-refractivity contribution is 7.10. The molecular formula is C19H19N3O2S. The molecule has 0 aromatic carbocycles. The molecule has 0 aliphatic carbocycles. The Balaban J connectivity index is 1.36. The van der Waals surface area contributed by atoms with Crippen LogP contribution >= 0.6 is 11.3 Å². The largest absolute Gasteiger partial charge is 0.370 e. The lowest BCUT2D eigenvalue weighted by Gasteiger charge is -2.44. The third kappa shape index (κ3) is 2.40. The maximum absolute atomic E-state index is 12.8. The molecule has 0 radical (unpaired) electrons. The number of aromatic amines is 1. The molecule has 0 atom stereocenters. The molecule has 3 aromatic heterocycles. The molecule has 0 unspecified atom stereocenters. The molecule has 1 saturated heterocycles. The van der Waals surface area contributed by atoms with E-state index in [1.807, 2.05) is 40.6 Å². The molecular weight excluding hydrogens is 334 g/mol. The summed E-state index contributed by atoms with van der Waals surface area (Å²) in [5.74, 6) is 0.00713. The van der Waals surface area contributed by atoms with Crippen molar-refractivity contribution < 1.29 is 9.53 Å². The molecule has 128 valence electrons. The van der Waals surface area contributed by atoms with Crippen LogP contribution in [0.4, 0.5) is 0 Å². The van der Waals surface area contributed by atoms with Gasteiger partial charge in [0.15, 0.2) is 0 Å². The number of H-pyrrole nitrogens is 1. The van der Waals surface area contributed by atoms with E-state index in [0.29, 0.717) is 18.8 Å². The standard InChI is InChI=1S/C19H19N3O2S/c23-18(15-2-1-13-3-8-20-17(13)21-15)22-9-6-19(7-10-22)14-5-12-25-16(14)4-11-24-19/h1-3,5,8,12H,4,6-7,9-11H2,(H,20,21). The first-order chi connectivity index (χ1) is 12.3. The van der Waals surface area contributed by atoms with E-state index in [4.69, 9.17) is 4.74 Å². The maximum atomic E-state index is 12.8. The summed E-state index contributed by atoms with van der Waals surface area (Å²) >= 11 is 1.82. The van der Waals surface area contributed by atoms with Gasteiger partial charge < -0.3 is 14.6 Å². The number of piperidine rings is 1. The average molecular weight is 353 g/mol. The van der Waals surface area contributed by atoms with Crippen molar-refractivity contribution in [3.8, 4) is 0 Å². The number of hydrogen-bond acceptors (Lipinski definition) is 4. The number of pyridine rings is 1. The monoisotopic (exact) mass is 353 g/mol. The lowest BCUT2D eigenvalue weighted by atomic mass is 9.82. The third-order valence-electron chi connectivity index (χ3n) is 5.43. The number of nitrogens with one attached hydrogen (secondary N) is 1. The van der Waals surface area contributed by atoms with Crippen molar-refractivity contribution in [1.82, 2.24) is 14.9 Å². The van der Waals surface area contributed by atoms with E-state index in [0.717, 1.165) is 36.9 Å². The number of amides is 1. The Bertz CT molecular complexity index is 937. The van der Waals surface area contributed by atoms with E-state index in [1.165, 1.54) is 10.4 Å². The van der Waals surface area contributed by atoms with Crippen LogP contribution < -0.4 is 0 Å². The zero-order valence-corrected chi connectivity index (χ0v) is 14.6. The number of likely N-dealkylation sites (tertiary alicyclic amines) is 1. The predicted octanol–water partition coefficient (Wildman–Crippen LogP) is 3.33. The van der Waals surface area contributed by atoms with E-state index in [9.17, 15) is 4.79 Å². The summed E-state index contributed by atoms with van der Waals surface area (Å²) < 4.78 is 6.22. The van der Waals surface area contributed by atoms with Gasteiger partial charge in [0.1, 0.15) is 11.3 Å². The third-order valence-corrected chi connectivity index (χ3v) is 6.41. The number of nitrogens with zero attached hydrogens (tertiary/aromatic N) is 2. The van der Waals surface area contributed by atoms with Gasteiger partial charge in [0, 0.05) is 36.0 Å². The summed E-state index contributed by atoms with van der Waals surface area (Å²) in [6.45, 7) is 2.20. The zero-order chi connectivity index (χ0) is 16.9. The second-order valence-electron chi connectivity index (χ2n) is 6.75. The zero-order valence-electron chi connectivity index (χ0n) is 13.8. The number of thiophene rings is 1. The van der Waals surface area contributed by atoms with Crippen molar-refractivity contribution in [3.05, 3.63) is 52.0 Å². The second-order valence-corrected chi connectivity index (χ2v) is 7.76. The van der Waals surface area contributed by atoms with E-state index >= 15 is 0 Å². The van der Waals surface area contributed by atoms with Crippen LogP contribution in [0.1, 0.15) is 33.8 Å². The average Bonchev–Trinajstić information content (AvgIpc) is 3.31. The SMILES string of the molecule is O=C(c1ccc2cc[nH]c2n1)N1CCC2(CC1)OCCc1sccc12. The Morgan fingerprint density at radius 3 is 3.00 bits per heavy atom. The van der Waals surface area contributed by atoms with Crippen LogP contribution in [0.25, 0.3) is 11.0 Å². The smallest absolute Gasteiger partial charge is 0.272 e.